The number of nitrogens with zero attached hydrogens (tertiary/aromatic N) is 4. The fraction of sp³-hybridized carbons (Fsp3) is 0.400. The van der Waals surface area contributed by atoms with Gasteiger partial charge in [0.25, 0.3) is 5.91 Å². The minimum absolute atomic E-state index is 0.0319. The van der Waals surface area contributed by atoms with E-state index in [4.69, 9.17) is 4.42 Å². The van der Waals surface area contributed by atoms with Crippen LogP contribution in [0.2, 0.25) is 0 Å². The van der Waals surface area contributed by atoms with E-state index in [-0.39, 0.29) is 29.5 Å². The van der Waals surface area contributed by atoms with E-state index in [2.05, 4.69) is 10.1 Å². The summed E-state index contributed by atoms with van der Waals surface area (Å²) in [6, 6.07) is 9.95. The highest BCUT2D eigenvalue weighted by Gasteiger charge is 2.35. The van der Waals surface area contributed by atoms with Crippen LogP contribution in [0.3, 0.4) is 0 Å². The number of hydrogen-bond acceptors (Lipinski definition) is 5. The van der Waals surface area contributed by atoms with Crippen molar-refractivity contribution < 1.29 is 14.0 Å². The SMILES string of the molecule is Cc1ncc(C(=O)N2CCC(C(=O)N3N=CCC3c3ccccc3)CC2)o1. The van der Waals surface area contributed by atoms with Crippen LogP contribution in [0.4, 0.5) is 0 Å². The number of hydrazone groups is 1. The third-order valence-corrected chi connectivity index (χ3v) is 5.20. The van der Waals surface area contributed by atoms with E-state index in [1.165, 1.54) is 6.20 Å². The molecule has 0 N–H and O–H groups in total. The largest absolute Gasteiger partial charge is 0.436 e. The zero-order valence-corrected chi connectivity index (χ0v) is 15.2. The molecule has 1 aromatic heterocycles. The minimum atomic E-state index is -0.164. The Morgan fingerprint density at radius 1 is 1.15 bits per heavy atom. The van der Waals surface area contributed by atoms with Crippen LogP contribution in [-0.4, -0.2) is 46.0 Å². The van der Waals surface area contributed by atoms with Gasteiger partial charge in [-0.05, 0) is 18.4 Å². The molecule has 0 saturated carbocycles. The summed E-state index contributed by atoms with van der Waals surface area (Å²) in [5.41, 5.74) is 1.09. The molecule has 0 radical (unpaired) electrons. The molecule has 27 heavy (non-hydrogen) atoms. The predicted octanol–water partition coefficient (Wildman–Crippen LogP) is 2.79. The number of carbonyl (C=O) groups is 2. The molecule has 2 amide bonds. The first-order valence-corrected chi connectivity index (χ1v) is 9.25. The molecule has 4 rings (SSSR count). The van der Waals surface area contributed by atoms with Crippen molar-refractivity contribution in [1.82, 2.24) is 14.9 Å². The van der Waals surface area contributed by atoms with Crippen LogP contribution in [0.1, 0.15) is 47.3 Å². The predicted molar refractivity (Wildman–Crippen MR) is 99.0 cm³/mol. The van der Waals surface area contributed by atoms with Gasteiger partial charge in [-0.25, -0.2) is 9.99 Å². The number of rotatable bonds is 3. The van der Waals surface area contributed by atoms with Gasteiger partial charge >= 0.3 is 0 Å². The maximum atomic E-state index is 13.0. The fourth-order valence-electron chi connectivity index (χ4n) is 3.71. The maximum absolute atomic E-state index is 13.0. The lowest BCUT2D eigenvalue weighted by Crippen LogP contribution is -2.43. The normalized spacial score (nSPS) is 20.3. The number of amides is 2. The van der Waals surface area contributed by atoms with Gasteiger partial charge in [0.1, 0.15) is 0 Å². The van der Waals surface area contributed by atoms with Gasteiger partial charge in [0.05, 0.1) is 12.2 Å². The van der Waals surface area contributed by atoms with Crippen molar-refractivity contribution in [2.45, 2.75) is 32.2 Å². The second-order valence-corrected chi connectivity index (χ2v) is 6.95. The number of benzene rings is 1. The second-order valence-electron chi connectivity index (χ2n) is 6.95. The van der Waals surface area contributed by atoms with Crippen molar-refractivity contribution in [2.24, 2.45) is 11.0 Å². The smallest absolute Gasteiger partial charge is 0.291 e. The number of carbonyl (C=O) groups excluding carboxylic acids is 2. The van der Waals surface area contributed by atoms with Crippen LogP contribution in [0.5, 0.6) is 0 Å². The molecule has 140 valence electrons. The first-order valence-electron chi connectivity index (χ1n) is 9.25. The molecule has 2 aliphatic heterocycles. The Balaban J connectivity index is 1.38. The van der Waals surface area contributed by atoms with Crippen molar-refractivity contribution in [1.29, 1.82) is 0 Å². The molecular weight excluding hydrogens is 344 g/mol. The van der Waals surface area contributed by atoms with E-state index in [9.17, 15) is 9.59 Å². The Labute approximate surface area is 157 Å². The summed E-state index contributed by atoms with van der Waals surface area (Å²) in [7, 11) is 0. The van der Waals surface area contributed by atoms with Crippen molar-refractivity contribution in [3.05, 3.63) is 53.7 Å². The van der Waals surface area contributed by atoms with Crippen LogP contribution in [0.15, 0.2) is 46.0 Å². The lowest BCUT2D eigenvalue weighted by Gasteiger charge is -2.33. The zero-order chi connectivity index (χ0) is 18.8. The molecule has 1 fully saturated rings. The van der Waals surface area contributed by atoms with Crippen LogP contribution in [-0.2, 0) is 4.79 Å². The average Bonchev–Trinajstić information content (AvgIpc) is 3.37. The van der Waals surface area contributed by atoms with Gasteiger partial charge in [0.15, 0.2) is 5.89 Å². The molecule has 3 heterocycles. The Morgan fingerprint density at radius 2 is 1.89 bits per heavy atom. The van der Waals surface area contributed by atoms with Crippen molar-refractivity contribution in [3.63, 3.8) is 0 Å². The third kappa shape index (κ3) is 3.49. The number of aromatic nitrogens is 1. The van der Waals surface area contributed by atoms with E-state index in [0.717, 1.165) is 12.0 Å². The summed E-state index contributed by atoms with van der Waals surface area (Å²) < 4.78 is 5.32. The summed E-state index contributed by atoms with van der Waals surface area (Å²) in [4.78, 5) is 31.2. The molecule has 2 aromatic rings. The van der Waals surface area contributed by atoms with Gasteiger partial charge in [-0.2, -0.15) is 5.10 Å². The number of piperidine rings is 1. The van der Waals surface area contributed by atoms with Crippen molar-refractivity contribution in [3.8, 4) is 0 Å². The van der Waals surface area contributed by atoms with Gasteiger partial charge < -0.3 is 9.32 Å². The Bertz CT molecular complexity index is 853. The molecule has 2 aliphatic rings. The minimum Gasteiger partial charge on any atom is -0.436 e. The molecule has 7 heteroatoms. The van der Waals surface area contributed by atoms with Crippen LogP contribution < -0.4 is 0 Å². The molecule has 1 saturated heterocycles. The van der Waals surface area contributed by atoms with Crippen LogP contribution in [0.25, 0.3) is 0 Å². The van der Waals surface area contributed by atoms with E-state index in [1.54, 1.807) is 23.0 Å². The maximum Gasteiger partial charge on any atom is 0.291 e. The standard InChI is InChI=1S/C20H22N4O3/c1-14-21-13-18(27-14)20(26)23-11-8-16(9-12-23)19(25)24-17(7-10-22-24)15-5-3-2-4-6-15/h2-6,10,13,16-17H,7-9,11-12H2,1H3. The number of oxazole rings is 1. The van der Waals surface area contributed by atoms with Gasteiger partial charge in [-0.1, -0.05) is 30.3 Å². The highest BCUT2D eigenvalue weighted by Crippen LogP contribution is 2.31. The monoisotopic (exact) mass is 366 g/mol. The van der Waals surface area contributed by atoms with E-state index in [1.807, 2.05) is 30.3 Å². The van der Waals surface area contributed by atoms with Crippen LogP contribution in [0, 0.1) is 12.8 Å². The summed E-state index contributed by atoms with van der Waals surface area (Å²) in [6.45, 7) is 2.77. The Kier molecular flexibility index (Phi) is 4.75. The quantitative estimate of drug-likeness (QED) is 0.837. The van der Waals surface area contributed by atoms with Crippen LogP contribution >= 0.6 is 0 Å². The molecule has 0 aliphatic carbocycles. The number of likely N-dealkylation sites (tertiary alicyclic amines) is 1. The summed E-state index contributed by atoms with van der Waals surface area (Å²) in [5, 5.41) is 5.95. The van der Waals surface area contributed by atoms with Gasteiger partial charge in [0, 0.05) is 38.6 Å². The molecule has 1 unspecified atom stereocenters. The Hall–Kier alpha value is -2.96. The van der Waals surface area contributed by atoms with E-state index >= 15 is 0 Å². The summed E-state index contributed by atoms with van der Waals surface area (Å²) in [6.07, 6.45) is 5.26. The fourth-order valence-corrected chi connectivity index (χ4v) is 3.71. The second kappa shape index (κ2) is 7.34. The molecule has 7 nitrogen and oxygen atoms in total. The van der Waals surface area contributed by atoms with Gasteiger partial charge in [-0.15, -0.1) is 0 Å². The van der Waals surface area contributed by atoms with Crippen molar-refractivity contribution >= 4 is 18.0 Å². The van der Waals surface area contributed by atoms with Crippen molar-refractivity contribution in [2.75, 3.05) is 13.1 Å². The van der Waals surface area contributed by atoms with E-state index in [0.29, 0.717) is 31.8 Å². The average molecular weight is 366 g/mol. The molecule has 1 aromatic carbocycles. The first-order chi connectivity index (χ1) is 13.1. The lowest BCUT2D eigenvalue weighted by atomic mass is 9.94. The van der Waals surface area contributed by atoms with E-state index < -0.39 is 0 Å². The molecule has 1 atom stereocenters. The molecule has 0 bridgehead atoms. The number of hydrogen-bond donors (Lipinski definition) is 0. The van der Waals surface area contributed by atoms with Gasteiger partial charge in [0.2, 0.25) is 11.7 Å². The summed E-state index contributed by atoms with van der Waals surface area (Å²) in [5.74, 6) is 0.489. The lowest BCUT2D eigenvalue weighted by molar-refractivity contribution is -0.138. The number of aryl methyl sites for hydroxylation is 1. The third-order valence-electron chi connectivity index (χ3n) is 5.20. The highest BCUT2D eigenvalue weighted by molar-refractivity contribution is 5.91. The molecule has 0 spiro atoms. The Morgan fingerprint density at radius 3 is 2.56 bits per heavy atom. The molecular formula is C20H22N4O3. The highest BCUT2D eigenvalue weighted by atomic mass is 16.4. The van der Waals surface area contributed by atoms with Gasteiger partial charge in [-0.3, -0.25) is 9.59 Å². The summed E-state index contributed by atoms with van der Waals surface area (Å²) >= 11 is 0. The zero-order valence-electron chi connectivity index (χ0n) is 15.2. The first kappa shape index (κ1) is 17.5. The topological polar surface area (TPSA) is 79.0 Å².